The topological polar surface area (TPSA) is 42.8 Å². The number of nitrogens with zero attached hydrogens (tertiary/aromatic N) is 4. The Labute approximate surface area is 264 Å². The monoisotopic (exact) mass is 608 g/mol. The Hall–Kier alpha value is -2.28. The van der Waals surface area contributed by atoms with Crippen LogP contribution >= 0.6 is 11.6 Å². The molecule has 3 heterocycles. The van der Waals surface area contributed by atoms with Crippen molar-refractivity contribution in [1.29, 1.82) is 0 Å². The van der Waals surface area contributed by atoms with Gasteiger partial charge in [-0.2, -0.15) is 0 Å². The number of para-hydroxylation sites is 1. The fourth-order valence-electron chi connectivity index (χ4n) is 6.80. The molecular formula is C36H53ClN4O2. The van der Waals surface area contributed by atoms with Gasteiger partial charge in [0.25, 0.3) is 0 Å². The number of aromatic nitrogens is 2. The van der Waals surface area contributed by atoms with Crippen LogP contribution in [-0.4, -0.2) is 66.2 Å². The molecule has 6 nitrogen and oxygen atoms in total. The van der Waals surface area contributed by atoms with Crippen LogP contribution in [0.2, 0.25) is 5.02 Å². The van der Waals surface area contributed by atoms with Crippen molar-refractivity contribution in [2.45, 2.75) is 90.2 Å². The summed E-state index contributed by atoms with van der Waals surface area (Å²) in [6, 6.07) is 13.9. The highest BCUT2D eigenvalue weighted by molar-refractivity contribution is 6.30. The van der Waals surface area contributed by atoms with Crippen molar-refractivity contribution < 1.29 is 9.47 Å². The van der Waals surface area contributed by atoms with Gasteiger partial charge in [0.05, 0.1) is 12.1 Å². The van der Waals surface area contributed by atoms with E-state index < -0.39 is 0 Å². The lowest BCUT2D eigenvalue weighted by Crippen LogP contribution is -2.30. The summed E-state index contributed by atoms with van der Waals surface area (Å²) in [7, 11) is 4.49. The number of likely N-dealkylation sites (tertiary alicyclic amines) is 2. The molecule has 0 N–H and O–H groups in total. The minimum atomic E-state index is 0.419. The number of aryl methyl sites for hydroxylation is 1. The molecule has 0 aliphatic carbocycles. The Morgan fingerprint density at radius 1 is 0.744 bits per heavy atom. The van der Waals surface area contributed by atoms with E-state index in [4.69, 9.17) is 26.1 Å². The number of ether oxygens (including phenoxy) is 2. The summed E-state index contributed by atoms with van der Waals surface area (Å²) in [5, 5.41) is 0.712. The highest BCUT2D eigenvalue weighted by atomic mass is 35.5. The highest BCUT2D eigenvalue weighted by Crippen LogP contribution is 2.29. The SMILES string of the molecule is CN1CCC(CCCCCOc2cccc3c2nc(COc2ccc(Cl)cc2)n3CCCCCC2CCN(C)CC2)CC1. The molecule has 0 atom stereocenters. The van der Waals surface area contributed by atoms with Gasteiger partial charge in [-0.3, -0.25) is 0 Å². The lowest BCUT2D eigenvalue weighted by atomic mass is 9.91. The number of hydrogen-bond acceptors (Lipinski definition) is 5. The largest absolute Gasteiger partial charge is 0.491 e. The summed E-state index contributed by atoms with van der Waals surface area (Å²) in [5.74, 6) is 4.47. The van der Waals surface area contributed by atoms with E-state index in [1.807, 2.05) is 24.3 Å². The number of piperidine rings is 2. The predicted molar refractivity (Wildman–Crippen MR) is 178 cm³/mol. The van der Waals surface area contributed by atoms with Gasteiger partial charge in [0.15, 0.2) is 0 Å². The quantitative estimate of drug-likeness (QED) is 0.153. The van der Waals surface area contributed by atoms with Gasteiger partial charge in [-0.05, 0) is 127 Å². The standard InChI is InChI=1S/C36H53ClN4O2/c1-39-23-18-29(19-24-39)10-5-3-7-22-41-33-12-9-13-34(42-27-8-4-6-11-30-20-25-40(2)26-21-30)36(33)38-35(41)28-43-32-16-14-31(37)15-17-32/h9,12-17,29-30H,3-8,10-11,18-28H2,1-2H3. The van der Waals surface area contributed by atoms with E-state index in [0.717, 1.165) is 66.2 Å². The molecule has 2 aliphatic rings. The zero-order valence-corrected chi connectivity index (χ0v) is 27.4. The van der Waals surface area contributed by atoms with E-state index in [1.54, 1.807) is 0 Å². The molecule has 0 bridgehead atoms. The number of hydrogen-bond donors (Lipinski definition) is 0. The van der Waals surface area contributed by atoms with Gasteiger partial charge >= 0.3 is 0 Å². The van der Waals surface area contributed by atoms with Crippen molar-refractivity contribution in [2.75, 3.05) is 46.9 Å². The van der Waals surface area contributed by atoms with E-state index in [-0.39, 0.29) is 0 Å². The molecule has 1 aromatic heterocycles. The minimum Gasteiger partial charge on any atom is -0.491 e. The van der Waals surface area contributed by atoms with Crippen LogP contribution in [0.1, 0.15) is 82.9 Å². The molecule has 5 rings (SSSR count). The second kappa shape index (κ2) is 16.7. The maximum absolute atomic E-state index is 6.35. The molecule has 0 saturated carbocycles. The van der Waals surface area contributed by atoms with Crippen molar-refractivity contribution in [3.63, 3.8) is 0 Å². The molecule has 2 aromatic carbocycles. The normalized spacial score (nSPS) is 17.6. The number of rotatable bonds is 16. The van der Waals surface area contributed by atoms with E-state index in [0.29, 0.717) is 11.6 Å². The van der Waals surface area contributed by atoms with Crippen LogP contribution in [0.4, 0.5) is 0 Å². The van der Waals surface area contributed by atoms with E-state index >= 15 is 0 Å². The second-order valence-corrected chi connectivity index (χ2v) is 13.5. The second-order valence-electron chi connectivity index (χ2n) is 13.1. The van der Waals surface area contributed by atoms with E-state index in [2.05, 4.69) is 46.7 Å². The first-order chi connectivity index (χ1) is 21.0. The molecule has 236 valence electrons. The first-order valence-corrected chi connectivity index (χ1v) is 17.3. The highest BCUT2D eigenvalue weighted by Gasteiger charge is 2.18. The summed E-state index contributed by atoms with van der Waals surface area (Å²) in [5.41, 5.74) is 2.10. The molecule has 43 heavy (non-hydrogen) atoms. The minimum absolute atomic E-state index is 0.419. The van der Waals surface area contributed by atoms with Crippen molar-refractivity contribution in [3.8, 4) is 11.5 Å². The van der Waals surface area contributed by atoms with Crippen molar-refractivity contribution in [2.24, 2.45) is 11.8 Å². The number of benzene rings is 2. The zero-order valence-electron chi connectivity index (χ0n) is 26.6. The van der Waals surface area contributed by atoms with Gasteiger partial charge in [-0.1, -0.05) is 56.2 Å². The Kier molecular flexibility index (Phi) is 12.5. The number of fused-ring (bicyclic) bond motifs is 1. The van der Waals surface area contributed by atoms with Crippen molar-refractivity contribution in [1.82, 2.24) is 19.4 Å². The molecule has 2 saturated heterocycles. The molecule has 7 heteroatoms. The smallest absolute Gasteiger partial charge is 0.148 e. The maximum Gasteiger partial charge on any atom is 0.148 e. The summed E-state index contributed by atoms with van der Waals surface area (Å²) in [6.07, 6.45) is 15.5. The fourth-order valence-corrected chi connectivity index (χ4v) is 6.93. The van der Waals surface area contributed by atoms with Gasteiger partial charge in [0, 0.05) is 11.6 Å². The molecule has 0 radical (unpaired) electrons. The Bertz CT molecular complexity index is 1230. The van der Waals surface area contributed by atoms with Crippen LogP contribution in [0.25, 0.3) is 11.0 Å². The van der Waals surface area contributed by atoms with E-state index in [1.165, 1.54) is 90.4 Å². The average molecular weight is 609 g/mol. The number of halogens is 1. The van der Waals surface area contributed by atoms with Crippen LogP contribution < -0.4 is 9.47 Å². The molecule has 0 unspecified atom stereocenters. The molecule has 2 aliphatic heterocycles. The summed E-state index contributed by atoms with van der Waals surface area (Å²) < 4.78 is 14.9. The third-order valence-electron chi connectivity index (χ3n) is 9.69. The van der Waals surface area contributed by atoms with Crippen LogP contribution in [0, 0.1) is 11.8 Å². The van der Waals surface area contributed by atoms with Gasteiger partial charge in [-0.25, -0.2) is 4.98 Å². The van der Waals surface area contributed by atoms with E-state index in [9.17, 15) is 0 Å². The third kappa shape index (κ3) is 9.86. The Morgan fingerprint density at radius 3 is 2.02 bits per heavy atom. The molecule has 2 fully saturated rings. The van der Waals surface area contributed by atoms with Crippen molar-refractivity contribution in [3.05, 3.63) is 53.3 Å². The summed E-state index contributed by atoms with van der Waals surface area (Å²) in [6.45, 7) is 7.14. The maximum atomic E-state index is 6.35. The molecule has 0 amide bonds. The molecular weight excluding hydrogens is 556 g/mol. The fraction of sp³-hybridized carbons (Fsp3) is 0.639. The van der Waals surface area contributed by atoms with Crippen LogP contribution in [0.3, 0.4) is 0 Å². The Balaban J connectivity index is 1.15. The Morgan fingerprint density at radius 2 is 1.37 bits per heavy atom. The van der Waals surface area contributed by atoms with Gasteiger partial charge in [-0.15, -0.1) is 0 Å². The van der Waals surface area contributed by atoms with Crippen LogP contribution in [0.5, 0.6) is 11.5 Å². The van der Waals surface area contributed by atoms with Crippen molar-refractivity contribution >= 4 is 22.6 Å². The first-order valence-electron chi connectivity index (χ1n) is 16.9. The van der Waals surface area contributed by atoms with Gasteiger partial charge in [0.1, 0.15) is 29.4 Å². The number of unbranched alkanes of at least 4 members (excludes halogenated alkanes) is 4. The summed E-state index contributed by atoms with van der Waals surface area (Å²) >= 11 is 6.08. The van der Waals surface area contributed by atoms with Gasteiger partial charge < -0.3 is 23.8 Å². The predicted octanol–water partition coefficient (Wildman–Crippen LogP) is 8.45. The van der Waals surface area contributed by atoms with Crippen LogP contribution in [0.15, 0.2) is 42.5 Å². The lowest BCUT2D eigenvalue weighted by molar-refractivity contribution is 0.208. The van der Waals surface area contributed by atoms with Crippen LogP contribution in [-0.2, 0) is 13.2 Å². The average Bonchev–Trinajstić information content (AvgIpc) is 3.38. The number of imidazole rings is 1. The molecule has 3 aromatic rings. The lowest BCUT2D eigenvalue weighted by Gasteiger charge is -2.28. The molecule has 0 spiro atoms. The van der Waals surface area contributed by atoms with Gasteiger partial charge in [0.2, 0.25) is 0 Å². The zero-order chi connectivity index (χ0) is 29.9. The third-order valence-corrected chi connectivity index (χ3v) is 9.94. The summed E-state index contributed by atoms with van der Waals surface area (Å²) in [4.78, 5) is 10.0. The first kappa shape index (κ1) is 32.1.